The minimum Gasteiger partial charge on any atom is -0.509 e. The van der Waals surface area contributed by atoms with Gasteiger partial charge in [-0.2, -0.15) is 26.3 Å². The van der Waals surface area contributed by atoms with E-state index in [0.29, 0.717) is 30.9 Å². The molecule has 2 aliphatic heterocycles. The molecule has 0 aliphatic carbocycles. The number of aliphatic hydroxyl groups excluding tert-OH is 1. The summed E-state index contributed by atoms with van der Waals surface area (Å²) in [6.07, 6.45) is -8.61. The first-order valence-electron chi connectivity index (χ1n) is 12.9. The number of carbonyl (C=O) groups excluding carboxylic acids is 2. The van der Waals surface area contributed by atoms with Gasteiger partial charge in [-0.25, -0.2) is 19.4 Å². The van der Waals surface area contributed by atoms with Crippen LogP contribution in [-0.4, -0.2) is 49.0 Å². The number of nitrogens with one attached hydrogen (secondary N) is 1. The Kier molecular flexibility index (Phi) is 7.82. The topological polar surface area (TPSA) is 98.7 Å². The number of halogens is 8. The number of fused-ring (bicyclic) bond motifs is 1. The van der Waals surface area contributed by atoms with Crippen LogP contribution in [0.2, 0.25) is 5.02 Å². The van der Waals surface area contributed by atoms with Crippen molar-refractivity contribution < 1.29 is 45.4 Å². The number of aliphatic hydroxyl groups is 1. The van der Waals surface area contributed by atoms with E-state index in [4.69, 9.17) is 11.6 Å². The van der Waals surface area contributed by atoms with Crippen LogP contribution in [0.5, 0.6) is 0 Å². The van der Waals surface area contributed by atoms with Gasteiger partial charge >= 0.3 is 12.4 Å². The summed E-state index contributed by atoms with van der Waals surface area (Å²) in [5.74, 6) is -3.69. The fourth-order valence-corrected chi connectivity index (χ4v) is 5.49. The van der Waals surface area contributed by atoms with Crippen molar-refractivity contribution in [2.75, 3.05) is 11.9 Å². The van der Waals surface area contributed by atoms with Gasteiger partial charge in [-0.1, -0.05) is 17.7 Å². The van der Waals surface area contributed by atoms with Crippen LogP contribution in [0.4, 0.5) is 36.4 Å². The van der Waals surface area contributed by atoms with Gasteiger partial charge in [0.2, 0.25) is 0 Å². The number of alkyl halides is 6. The molecule has 44 heavy (non-hydrogen) atoms. The highest BCUT2D eigenvalue weighted by Crippen LogP contribution is 2.43. The Labute approximate surface area is 249 Å². The lowest BCUT2D eigenvalue weighted by molar-refractivity contribution is -0.160. The highest BCUT2D eigenvalue weighted by molar-refractivity contribution is 6.31. The quantitative estimate of drug-likeness (QED) is 0.242. The molecule has 3 aromatic rings. The van der Waals surface area contributed by atoms with Crippen LogP contribution in [0.1, 0.15) is 36.6 Å². The van der Waals surface area contributed by atoms with E-state index >= 15 is 0 Å². The van der Waals surface area contributed by atoms with E-state index in [-0.39, 0.29) is 23.6 Å². The van der Waals surface area contributed by atoms with E-state index in [1.807, 2.05) is 0 Å². The van der Waals surface area contributed by atoms with Crippen molar-refractivity contribution in [2.24, 2.45) is 0 Å². The summed E-state index contributed by atoms with van der Waals surface area (Å²) in [5.41, 5.74) is -6.46. The molecule has 0 saturated carbocycles. The first-order valence-corrected chi connectivity index (χ1v) is 13.3. The number of nitrogens with zero attached hydrogens (tertiary/aromatic N) is 4. The van der Waals surface area contributed by atoms with Crippen LogP contribution in [-0.2, 0) is 28.5 Å². The second-order valence-corrected chi connectivity index (χ2v) is 10.7. The normalized spacial score (nSPS) is 19.4. The van der Waals surface area contributed by atoms with Crippen LogP contribution >= 0.6 is 11.6 Å². The van der Waals surface area contributed by atoms with Gasteiger partial charge < -0.3 is 10.4 Å². The molecule has 232 valence electrons. The summed E-state index contributed by atoms with van der Waals surface area (Å²) in [5, 5.41) is 16.0. The van der Waals surface area contributed by atoms with Gasteiger partial charge in [-0.15, -0.1) is 0 Å². The van der Waals surface area contributed by atoms with Crippen molar-refractivity contribution >= 4 is 29.1 Å². The van der Waals surface area contributed by atoms with Crippen LogP contribution < -0.4 is 5.32 Å². The van der Waals surface area contributed by atoms with Crippen LogP contribution in [0.3, 0.4) is 0 Å². The van der Waals surface area contributed by atoms with Crippen molar-refractivity contribution in [3.05, 3.63) is 87.8 Å². The monoisotopic (exact) mass is 643 g/mol. The fourth-order valence-electron chi connectivity index (χ4n) is 5.27. The number of hydrogen-bond acceptors (Lipinski definition) is 6. The largest absolute Gasteiger partial charge is 0.509 e. The Morgan fingerprint density at radius 3 is 2.48 bits per heavy atom. The standard InChI is InChI=1S/C28H21ClF7N5O3/c1-26-8-3-9-41(26)40(12-16-17(29)4-2-5-18(16)30)25(44)22(23(26)42)24(43)39-19-7-6-14(27(31,32)33)10-15(19)20-11-21(28(34,35)36)38-13-37-20/h2,4-7,10-11,13,42H,3,8-9,12H2,1H3,(H,39,43)/t26-/m1/s1. The van der Waals surface area contributed by atoms with Gasteiger partial charge in [-0.05, 0) is 56.2 Å². The number of carbonyl (C=O) groups is 2. The molecule has 2 aliphatic rings. The molecule has 3 heterocycles. The van der Waals surface area contributed by atoms with E-state index in [0.717, 1.165) is 17.1 Å². The highest BCUT2D eigenvalue weighted by Gasteiger charge is 2.53. The predicted octanol–water partition coefficient (Wildman–Crippen LogP) is 6.54. The Bertz CT molecular complexity index is 1670. The summed E-state index contributed by atoms with van der Waals surface area (Å²) in [4.78, 5) is 34.1. The molecule has 2 aromatic carbocycles. The molecule has 2 N–H and O–H groups in total. The second kappa shape index (κ2) is 11.0. The average molecular weight is 644 g/mol. The Morgan fingerprint density at radius 2 is 1.82 bits per heavy atom. The minimum atomic E-state index is -4.96. The number of hydrogen-bond donors (Lipinski definition) is 2. The number of benzene rings is 2. The van der Waals surface area contributed by atoms with E-state index in [1.54, 1.807) is 6.92 Å². The molecule has 0 bridgehead atoms. The third-order valence-corrected chi connectivity index (χ3v) is 7.87. The summed E-state index contributed by atoms with van der Waals surface area (Å²) in [6, 6.07) is 6.16. The molecule has 1 fully saturated rings. The Balaban J connectivity index is 1.57. The molecule has 0 radical (unpaired) electrons. The molecule has 1 atom stereocenters. The zero-order valence-electron chi connectivity index (χ0n) is 22.5. The van der Waals surface area contributed by atoms with Crippen LogP contribution in [0.15, 0.2) is 60.1 Å². The summed E-state index contributed by atoms with van der Waals surface area (Å²) < 4.78 is 95.3. The smallest absolute Gasteiger partial charge is 0.433 e. The van der Waals surface area contributed by atoms with Gasteiger partial charge in [-0.3, -0.25) is 14.6 Å². The van der Waals surface area contributed by atoms with E-state index in [2.05, 4.69) is 15.3 Å². The number of amides is 2. The molecule has 1 saturated heterocycles. The molecule has 16 heteroatoms. The zero-order chi connectivity index (χ0) is 32.2. The number of rotatable bonds is 5. The van der Waals surface area contributed by atoms with E-state index < -0.39 is 81.6 Å². The average Bonchev–Trinajstić information content (AvgIpc) is 3.34. The van der Waals surface area contributed by atoms with Crippen molar-refractivity contribution in [3.8, 4) is 11.3 Å². The fraction of sp³-hybridized carbons (Fsp3) is 0.286. The number of anilines is 1. The Morgan fingerprint density at radius 1 is 1.09 bits per heavy atom. The summed E-state index contributed by atoms with van der Waals surface area (Å²) in [7, 11) is 0. The molecule has 5 rings (SSSR count). The van der Waals surface area contributed by atoms with Crippen molar-refractivity contribution in [1.29, 1.82) is 0 Å². The molecule has 8 nitrogen and oxygen atoms in total. The van der Waals surface area contributed by atoms with E-state index in [9.17, 15) is 45.4 Å². The number of aromatic nitrogens is 2. The number of hydrazine groups is 1. The summed E-state index contributed by atoms with van der Waals surface area (Å²) >= 11 is 6.17. The SMILES string of the molecule is C[C@]12CCCN1N(Cc1c(F)cccc1Cl)C(=O)C(C(=O)Nc1ccc(C(F)(F)F)cc1-c1cc(C(F)(F)F)ncn1)=C2O. The van der Waals surface area contributed by atoms with Crippen molar-refractivity contribution in [1.82, 2.24) is 20.0 Å². The third kappa shape index (κ3) is 5.56. The second-order valence-electron chi connectivity index (χ2n) is 10.3. The molecule has 2 amide bonds. The van der Waals surface area contributed by atoms with Gasteiger partial charge in [0.1, 0.15) is 29.2 Å². The highest BCUT2D eigenvalue weighted by atomic mass is 35.5. The van der Waals surface area contributed by atoms with E-state index in [1.165, 1.54) is 17.1 Å². The summed E-state index contributed by atoms with van der Waals surface area (Å²) in [6.45, 7) is 1.39. The van der Waals surface area contributed by atoms with Crippen molar-refractivity contribution in [2.45, 2.75) is 44.2 Å². The minimum absolute atomic E-state index is 0.000879. The maximum atomic E-state index is 14.7. The van der Waals surface area contributed by atoms with Gasteiger partial charge in [0, 0.05) is 22.7 Å². The lowest BCUT2D eigenvalue weighted by Crippen LogP contribution is -2.60. The van der Waals surface area contributed by atoms with Crippen LogP contribution in [0.25, 0.3) is 11.3 Å². The molecular weight excluding hydrogens is 623 g/mol. The van der Waals surface area contributed by atoms with Gasteiger partial charge in [0.15, 0.2) is 0 Å². The lowest BCUT2D eigenvalue weighted by atomic mass is 9.90. The maximum Gasteiger partial charge on any atom is 0.433 e. The zero-order valence-corrected chi connectivity index (χ0v) is 23.3. The van der Waals surface area contributed by atoms with Gasteiger partial charge in [0.25, 0.3) is 11.8 Å². The molecule has 0 spiro atoms. The molecule has 1 aromatic heterocycles. The first-order chi connectivity index (χ1) is 20.5. The predicted molar refractivity (Wildman–Crippen MR) is 142 cm³/mol. The first kappa shape index (κ1) is 31.2. The lowest BCUT2D eigenvalue weighted by Gasteiger charge is -2.46. The maximum absolute atomic E-state index is 14.7. The Hall–Kier alpha value is -4.24. The molecule has 0 unspecified atom stereocenters. The molecular formula is C28H21ClF7N5O3. The van der Waals surface area contributed by atoms with Crippen LogP contribution in [0, 0.1) is 5.82 Å². The third-order valence-electron chi connectivity index (χ3n) is 7.52. The van der Waals surface area contributed by atoms with Crippen molar-refractivity contribution in [3.63, 3.8) is 0 Å². The van der Waals surface area contributed by atoms with Gasteiger partial charge in [0.05, 0.1) is 29.0 Å².